The normalized spacial score (nSPS) is 13.5. The van der Waals surface area contributed by atoms with Crippen molar-refractivity contribution in [1.29, 1.82) is 0 Å². The summed E-state index contributed by atoms with van der Waals surface area (Å²) in [4.78, 5) is 37.5. The second-order valence-electron chi connectivity index (χ2n) is 6.44. The predicted octanol–water partition coefficient (Wildman–Crippen LogP) is 2.74. The number of carbonyl (C=O) groups excluding carboxylic acids is 3. The van der Waals surface area contributed by atoms with Crippen molar-refractivity contribution in [2.24, 2.45) is 0 Å². The number of fused-ring (bicyclic) bond motifs is 1. The monoisotopic (exact) mass is 366 g/mol. The Bertz CT molecular complexity index is 867. The lowest BCUT2D eigenvalue weighted by molar-refractivity contribution is -0.120. The van der Waals surface area contributed by atoms with Crippen molar-refractivity contribution in [3.05, 3.63) is 54.1 Å². The number of para-hydroxylation sites is 1. The molecule has 0 fully saturated rings. The molecule has 1 aliphatic rings. The van der Waals surface area contributed by atoms with Crippen LogP contribution in [-0.2, 0) is 16.0 Å². The molecule has 3 rings (SSSR count). The van der Waals surface area contributed by atoms with Gasteiger partial charge in [-0.3, -0.25) is 14.9 Å². The molecule has 1 aliphatic heterocycles. The van der Waals surface area contributed by atoms with E-state index in [1.54, 1.807) is 43.0 Å². The fourth-order valence-electron chi connectivity index (χ4n) is 3.04. The highest BCUT2D eigenvalue weighted by atomic mass is 16.2. The minimum Gasteiger partial charge on any atom is -0.374 e. The summed E-state index contributed by atoms with van der Waals surface area (Å²) in [5, 5.41) is 8.01. The number of hydrogen-bond donors (Lipinski definition) is 3. The number of nitrogens with zero attached hydrogens (tertiary/aromatic N) is 1. The minimum atomic E-state index is -0.602. The lowest BCUT2D eigenvalue weighted by atomic mass is 10.1. The van der Waals surface area contributed by atoms with Crippen LogP contribution in [0.4, 0.5) is 21.9 Å². The topological polar surface area (TPSA) is 90.5 Å². The fraction of sp³-hybridized carbons (Fsp3) is 0.250. The Morgan fingerprint density at radius 2 is 1.78 bits per heavy atom. The molecule has 7 nitrogen and oxygen atoms in total. The summed E-state index contributed by atoms with van der Waals surface area (Å²) < 4.78 is 0. The molecule has 0 aromatic heterocycles. The number of rotatable bonds is 4. The summed E-state index contributed by atoms with van der Waals surface area (Å²) in [5.74, 6) is -0.416. The molecule has 2 aromatic rings. The van der Waals surface area contributed by atoms with Gasteiger partial charge in [-0.15, -0.1) is 0 Å². The Balaban J connectivity index is 1.57. The Kier molecular flexibility index (Phi) is 5.40. The molecule has 0 radical (unpaired) electrons. The van der Waals surface area contributed by atoms with E-state index in [0.29, 0.717) is 12.2 Å². The molecule has 0 spiro atoms. The first kappa shape index (κ1) is 18.4. The summed E-state index contributed by atoms with van der Waals surface area (Å²) in [5.41, 5.74) is 3.35. The number of nitrogens with one attached hydrogen (secondary N) is 3. The van der Waals surface area contributed by atoms with Crippen molar-refractivity contribution in [2.75, 3.05) is 22.1 Å². The first-order chi connectivity index (χ1) is 12.9. The first-order valence-electron chi connectivity index (χ1n) is 8.78. The van der Waals surface area contributed by atoms with Crippen LogP contribution >= 0.6 is 0 Å². The zero-order valence-electron chi connectivity index (χ0n) is 15.3. The quantitative estimate of drug-likeness (QED) is 0.776. The number of anilines is 3. The van der Waals surface area contributed by atoms with E-state index in [1.165, 1.54) is 0 Å². The number of urea groups is 1. The fourth-order valence-corrected chi connectivity index (χ4v) is 3.04. The van der Waals surface area contributed by atoms with Crippen LogP contribution in [0.1, 0.15) is 19.4 Å². The van der Waals surface area contributed by atoms with Crippen molar-refractivity contribution >= 4 is 34.9 Å². The third kappa shape index (κ3) is 4.44. The maximum atomic E-state index is 12.2. The zero-order valence-corrected chi connectivity index (χ0v) is 15.3. The summed E-state index contributed by atoms with van der Waals surface area (Å²) >= 11 is 0. The van der Waals surface area contributed by atoms with Gasteiger partial charge in [0.25, 0.3) is 0 Å². The van der Waals surface area contributed by atoms with E-state index in [0.717, 1.165) is 23.4 Å². The van der Waals surface area contributed by atoms with Gasteiger partial charge in [-0.1, -0.05) is 18.2 Å². The molecule has 140 valence electrons. The maximum absolute atomic E-state index is 12.2. The van der Waals surface area contributed by atoms with Crippen LogP contribution in [0, 0.1) is 0 Å². The first-order valence-corrected chi connectivity index (χ1v) is 8.78. The van der Waals surface area contributed by atoms with E-state index in [2.05, 4.69) is 16.0 Å². The molecule has 0 bridgehead atoms. The highest BCUT2D eigenvalue weighted by Gasteiger charge is 2.23. The van der Waals surface area contributed by atoms with Gasteiger partial charge in [-0.05, 0) is 49.2 Å². The van der Waals surface area contributed by atoms with Gasteiger partial charge in [-0.25, -0.2) is 4.79 Å². The van der Waals surface area contributed by atoms with Crippen molar-refractivity contribution < 1.29 is 14.4 Å². The molecule has 0 unspecified atom stereocenters. The van der Waals surface area contributed by atoms with Crippen LogP contribution in [0.25, 0.3) is 0 Å². The van der Waals surface area contributed by atoms with Crippen molar-refractivity contribution in [2.45, 2.75) is 26.3 Å². The largest absolute Gasteiger partial charge is 0.374 e. The van der Waals surface area contributed by atoms with E-state index < -0.39 is 18.0 Å². The molecule has 2 aromatic carbocycles. The number of amides is 4. The zero-order chi connectivity index (χ0) is 19.4. The van der Waals surface area contributed by atoms with Gasteiger partial charge in [0.2, 0.25) is 11.8 Å². The molecule has 1 atom stereocenters. The molecule has 3 N–H and O–H groups in total. The van der Waals surface area contributed by atoms with Gasteiger partial charge in [0.1, 0.15) is 6.04 Å². The van der Waals surface area contributed by atoms with Gasteiger partial charge in [-0.2, -0.15) is 0 Å². The van der Waals surface area contributed by atoms with Crippen molar-refractivity contribution in [3.63, 3.8) is 0 Å². The molecule has 7 heteroatoms. The van der Waals surface area contributed by atoms with E-state index >= 15 is 0 Å². The van der Waals surface area contributed by atoms with E-state index in [-0.39, 0.29) is 5.91 Å². The highest BCUT2D eigenvalue weighted by molar-refractivity contribution is 6.03. The van der Waals surface area contributed by atoms with E-state index in [9.17, 15) is 14.4 Å². The molecule has 0 saturated carbocycles. The molecular weight excluding hydrogens is 344 g/mol. The van der Waals surface area contributed by atoms with Gasteiger partial charge >= 0.3 is 6.03 Å². The molecule has 1 heterocycles. The minimum absolute atomic E-state index is 0.0200. The SMILES string of the molecule is CC(=O)N1CCc2cc(N[C@H](C)C(=O)NC(=O)Nc3ccccc3)ccc21. The lowest BCUT2D eigenvalue weighted by Gasteiger charge is -2.17. The Morgan fingerprint density at radius 3 is 2.48 bits per heavy atom. The van der Waals surface area contributed by atoms with Crippen molar-refractivity contribution in [1.82, 2.24) is 5.32 Å². The summed E-state index contributed by atoms with van der Waals surface area (Å²) in [7, 11) is 0. The van der Waals surface area contributed by atoms with E-state index in [4.69, 9.17) is 0 Å². The average Bonchev–Trinajstić information content (AvgIpc) is 3.05. The van der Waals surface area contributed by atoms with Crippen LogP contribution in [0.2, 0.25) is 0 Å². The molecule has 0 aliphatic carbocycles. The molecule has 0 saturated heterocycles. The molecule has 4 amide bonds. The number of hydrogen-bond acceptors (Lipinski definition) is 4. The van der Waals surface area contributed by atoms with Gasteiger partial charge in [0, 0.05) is 30.5 Å². The van der Waals surface area contributed by atoms with Gasteiger partial charge in [0.05, 0.1) is 0 Å². The maximum Gasteiger partial charge on any atom is 0.325 e. The molecule has 27 heavy (non-hydrogen) atoms. The lowest BCUT2D eigenvalue weighted by Crippen LogP contribution is -2.42. The molecular formula is C20H22N4O3. The second-order valence-corrected chi connectivity index (χ2v) is 6.44. The van der Waals surface area contributed by atoms with Gasteiger partial charge in [0.15, 0.2) is 0 Å². The Hall–Kier alpha value is -3.35. The summed E-state index contributed by atoms with van der Waals surface area (Å²) in [6, 6.07) is 13.4. The van der Waals surface area contributed by atoms with E-state index in [1.807, 2.05) is 24.3 Å². The number of benzene rings is 2. The number of imide groups is 1. The van der Waals surface area contributed by atoms with Crippen LogP contribution in [0.3, 0.4) is 0 Å². The smallest absolute Gasteiger partial charge is 0.325 e. The third-order valence-electron chi connectivity index (χ3n) is 4.40. The number of carbonyl (C=O) groups is 3. The highest BCUT2D eigenvalue weighted by Crippen LogP contribution is 2.30. The predicted molar refractivity (Wildman–Crippen MR) is 105 cm³/mol. The Morgan fingerprint density at radius 1 is 1.04 bits per heavy atom. The van der Waals surface area contributed by atoms with Crippen LogP contribution in [0.5, 0.6) is 0 Å². The average molecular weight is 366 g/mol. The van der Waals surface area contributed by atoms with Gasteiger partial charge < -0.3 is 15.5 Å². The van der Waals surface area contributed by atoms with Crippen molar-refractivity contribution in [3.8, 4) is 0 Å². The standard InChI is InChI=1S/C20H22N4O3/c1-13(19(26)23-20(27)22-16-6-4-3-5-7-16)21-17-8-9-18-15(12-17)10-11-24(18)14(2)25/h3-9,12-13,21H,10-11H2,1-2H3,(H2,22,23,26,27)/t13-/m1/s1. The van der Waals surface area contributed by atoms with Crippen LogP contribution < -0.4 is 20.9 Å². The van der Waals surface area contributed by atoms with Crippen LogP contribution in [-0.4, -0.2) is 30.4 Å². The third-order valence-corrected chi connectivity index (χ3v) is 4.40. The van der Waals surface area contributed by atoms with Crippen LogP contribution in [0.15, 0.2) is 48.5 Å². The Labute approximate surface area is 157 Å². The second kappa shape index (κ2) is 7.90. The summed E-state index contributed by atoms with van der Waals surface area (Å²) in [6.07, 6.45) is 0.782. The summed E-state index contributed by atoms with van der Waals surface area (Å²) in [6.45, 7) is 3.90.